The standard InChI is InChI=1S/C15H24BrNS/c1-12(2)7-6-8-13(17-3)11-18-15-10-5-4-9-14(15)16/h4-5,9-10,12-13,17H,6-8,11H2,1-3H3. The van der Waals surface area contributed by atoms with Gasteiger partial charge >= 0.3 is 0 Å². The monoisotopic (exact) mass is 329 g/mol. The van der Waals surface area contributed by atoms with E-state index in [1.165, 1.54) is 28.6 Å². The molecule has 102 valence electrons. The molecule has 0 bridgehead atoms. The van der Waals surface area contributed by atoms with Gasteiger partial charge in [0.25, 0.3) is 0 Å². The van der Waals surface area contributed by atoms with Crippen molar-refractivity contribution in [1.29, 1.82) is 0 Å². The van der Waals surface area contributed by atoms with Crippen molar-refractivity contribution in [3.05, 3.63) is 28.7 Å². The molecular formula is C15H24BrNS. The summed E-state index contributed by atoms with van der Waals surface area (Å²) < 4.78 is 1.20. The summed E-state index contributed by atoms with van der Waals surface area (Å²) in [5, 5.41) is 3.43. The fourth-order valence-electron chi connectivity index (χ4n) is 1.84. The van der Waals surface area contributed by atoms with Gasteiger partial charge in [0.2, 0.25) is 0 Å². The molecule has 18 heavy (non-hydrogen) atoms. The summed E-state index contributed by atoms with van der Waals surface area (Å²) in [7, 11) is 2.07. The Hall–Kier alpha value is 0.01000. The smallest absolute Gasteiger partial charge is 0.0311 e. The predicted molar refractivity (Wildman–Crippen MR) is 86.4 cm³/mol. The van der Waals surface area contributed by atoms with E-state index in [-0.39, 0.29) is 0 Å². The second-order valence-electron chi connectivity index (χ2n) is 5.05. The highest BCUT2D eigenvalue weighted by atomic mass is 79.9. The van der Waals surface area contributed by atoms with Crippen molar-refractivity contribution in [2.75, 3.05) is 12.8 Å². The van der Waals surface area contributed by atoms with Crippen LogP contribution in [0.2, 0.25) is 0 Å². The van der Waals surface area contributed by atoms with Gasteiger partial charge in [0.1, 0.15) is 0 Å². The topological polar surface area (TPSA) is 12.0 Å². The lowest BCUT2D eigenvalue weighted by Gasteiger charge is -2.16. The second-order valence-corrected chi connectivity index (χ2v) is 6.97. The van der Waals surface area contributed by atoms with Crippen LogP contribution in [0, 0.1) is 5.92 Å². The van der Waals surface area contributed by atoms with Gasteiger partial charge in [-0.1, -0.05) is 38.8 Å². The molecule has 1 aromatic rings. The van der Waals surface area contributed by atoms with E-state index in [4.69, 9.17) is 0 Å². The van der Waals surface area contributed by atoms with Crippen LogP contribution in [0.25, 0.3) is 0 Å². The maximum Gasteiger partial charge on any atom is 0.0311 e. The molecule has 3 heteroatoms. The fraction of sp³-hybridized carbons (Fsp3) is 0.600. The van der Waals surface area contributed by atoms with Crippen LogP contribution >= 0.6 is 27.7 Å². The molecule has 1 unspecified atom stereocenters. The molecule has 0 aliphatic carbocycles. The lowest BCUT2D eigenvalue weighted by molar-refractivity contribution is 0.483. The number of thioether (sulfide) groups is 1. The summed E-state index contributed by atoms with van der Waals surface area (Å²) >= 11 is 5.53. The van der Waals surface area contributed by atoms with Gasteiger partial charge in [-0.3, -0.25) is 0 Å². The van der Waals surface area contributed by atoms with Gasteiger partial charge in [-0.15, -0.1) is 11.8 Å². The van der Waals surface area contributed by atoms with Crippen LogP contribution in [-0.2, 0) is 0 Å². The van der Waals surface area contributed by atoms with Crippen molar-refractivity contribution in [2.24, 2.45) is 5.92 Å². The zero-order valence-electron chi connectivity index (χ0n) is 11.6. The number of nitrogens with one attached hydrogen (secondary N) is 1. The Bertz CT molecular complexity index is 341. The van der Waals surface area contributed by atoms with E-state index in [0.29, 0.717) is 6.04 Å². The van der Waals surface area contributed by atoms with E-state index in [1.54, 1.807) is 0 Å². The number of hydrogen-bond donors (Lipinski definition) is 1. The van der Waals surface area contributed by atoms with Gasteiger partial charge < -0.3 is 5.32 Å². The van der Waals surface area contributed by atoms with E-state index in [2.05, 4.69) is 66.4 Å². The minimum Gasteiger partial charge on any atom is -0.316 e. The van der Waals surface area contributed by atoms with Crippen LogP contribution in [0.3, 0.4) is 0 Å². The highest BCUT2D eigenvalue weighted by molar-refractivity contribution is 9.10. The van der Waals surface area contributed by atoms with Gasteiger partial charge in [-0.25, -0.2) is 0 Å². The maximum absolute atomic E-state index is 3.60. The largest absolute Gasteiger partial charge is 0.316 e. The first kappa shape index (κ1) is 16.1. The molecule has 0 aliphatic heterocycles. The van der Waals surface area contributed by atoms with Crippen LogP contribution < -0.4 is 5.32 Å². The van der Waals surface area contributed by atoms with Crippen molar-refractivity contribution < 1.29 is 0 Å². The van der Waals surface area contributed by atoms with Gasteiger partial charge in [0, 0.05) is 21.2 Å². The summed E-state index contributed by atoms with van der Waals surface area (Å²) in [4.78, 5) is 1.33. The van der Waals surface area contributed by atoms with Crippen molar-refractivity contribution >= 4 is 27.7 Å². The molecule has 0 saturated carbocycles. The van der Waals surface area contributed by atoms with Gasteiger partial charge in [-0.05, 0) is 47.4 Å². The van der Waals surface area contributed by atoms with Gasteiger partial charge in [-0.2, -0.15) is 0 Å². The SMILES string of the molecule is CNC(CCCC(C)C)CSc1ccccc1Br. The van der Waals surface area contributed by atoms with Crippen molar-refractivity contribution in [3.63, 3.8) is 0 Å². The molecule has 1 aromatic carbocycles. The molecule has 1 nitrogen and oxygen atoms in total. The van der Waals surface area contributed by atoms with Crippen molar-refractivity contribution in [3.8, 4) is 0 Å². The zero-order valence-corrected chi connectivity index (χ0v) is 14.0. The average Bonchev–Trinajstić information content (AvgIpc) is 2.35. The van der Waals surface area contributed by atoms with Crippen LogP contribution in [0.5, 0.6) is 0 Å². The quantitative estimate of drug-likeness (QED) is 0.677. The molecule has 0 fully saturated rings. The number of halogens is 1. The summed E-state index contributed by atoms with van der Waals surface area (Å²) in [6, 6.07) is 9.05. The molecule has 0 aliphatic rings. The Kier molecular flexibility index (Phi) is 8.03. The minimum absolute atomic E-state index is 0.612. The molecule has 0 radical (unpaired) electrons. The molecule has 1 N–H and O–H groups in total. The van der Waals surface area contributed by atoms with Crippen LogP contribution in [-0.4, -0.2) is 18.8 Å². The first-order valence-electron chi connectivity index (χ1n) is 6.68. The molecule has 1 rings (SSSR count). The highest BCUT2D eigenvalue weighted by Gasteiger charge is 2.08. The van der Waals surface area contributed by atoms with Crippen LogP contribution in [0.4, 0.5) is 0 Å². The van der Waals surface area contributed by atoms with Gasteiger partial charge in [0.05, 0.1) is 0 Å². The third-order valence-electron chi connectivity index (χ3n) is 3.02. The lowest BCUT2D eigenvalue weighted by Crippen LogP contribution is -2.27. The molecule has 0 amide bonds. The summed E-state index contributed by atoms with van der Waals surface area (Å²) in [5.74, 6) is 1.95. The fourth-order valence-corrected chi connectivity index (χ4v) is 3.56. The highest BCUT2D eigenvalue weighted by Crippen LogP contribution is 2.28. The number of rotatable bonds is 8. The molecular weight excluding hydrogens is 306 g/mol. The molecule has 0 aromatic heterocycles. The zero-order chi connectivity index (χ0) is 13.4. The Labute approximate surface area is 124 Å². The summed E-state index contributed by atoms with van der Waals surface area (Å²) in [6.45, 7) is 4.59. The van der Waals surface area contributed by atoms with Crippen molar-refractivity contribution in [1.82, 2.24) is 5.32 Å². The van der Waals surface area contributed by atoms with Crippen LogP contribution in [0.1, 0.15) is 33.1 Å². The summed E-state index contributed by atoms with van der Waals surface area (Å²) in [5.41, 5.74) is 0. The van der Waals surface area contributed by atoms with Crippen LogP contribution in [0.15, 0.2) is 33.6 Å². The Morgan fingerprint density at radius 1 is 1.22 bits per heavy atom. The van der Waals surface area contributed by atoms with E-state index in [9.17, 15) is 0 Å². The van der Waals surface area contributed by atoms with Gasteiger partial charge in [0.15, 0.2) is 0 Å². The van der Waals surface area contributed by atoms with Crippen molar-refractivity contribution in [2.45, 2.75) is 44.0 Å². The summed E-state index contributed by atoms with van der Waals surface area (Å²) in [6.07, 6.45) is 3.92. The Morgan fingerprint density at radius 2 is 1.94 bits per heavy atom. The Balaban J connectivity index is 2.33. The number of benzene rings is 1. The average molecular weight is 330 g/mol. The molecule has 0 spiro atoms. The maximum atomic E-state index is 3.60. The third kappa shape index (κ3) is 6.26. The third-order valence-corrected chi connectivity index (χ3v) is 5.21. The predicted octanol–water partition coefficient (Wildman–Crippen LogP) is 4.96. The van der Waals surface area contributed by atoms with E-state index in [0.717, 1.165) is 11.7 Å². The van der Waals surface area contributed by atoms with E-state index >= 15 is 0 Å². The Morgan fingerprint density at radius 3 is 2.56 bits per heavy atom. The number of hydrogen-bond acceptors (Lipinski definition) is 2. The van der Waals surface area contributed by atoms with E-state index < -0.39 is 0 Å². The first-order valence-corrected chi connectivity index (χ1v) is 8.46. The van der Waals surface area contributed by atoms with E-state index in [1.807, 2.05) is 11.8 Å². The first-order chi connectivity index (χ1) is 8.63. The second kappa shape index (κ2) is 9.00. The molecule has 1 atom stereocenters. The normalized spacial score (nSPS) is 12.9. The molecule has 0 saturated heterocycles. The lowest BCUT2D eigenvalue weighted by atomic mass is 10.0. The minimum atomic E-state index is 0.612. The molecule has 0 heterocycles.